The van der Waals surface area contributed by atoms with E-state index in [-0.39, 0.29) is 11.5 Å². The van der Waals surface area contributed by atoms with E-state index in [1.165, 1.54) is 6.07 Å². The zero-order chi connectivity index (χ0) is 21.4. The van der Waals surface area contributed by atoms with E-state index in [4.69, 9.17) is 14.2 Å². The minimum atomic E-state index is -0.778. The second-order valence-electron chi connectivity index (χ2n) is 7.95. The molecule has 1 saturated heterocycles. The van der Waals surface area contributed by atoms with Crippen molar-refractivity contribution in [3.63, 3.8) is 0 Å². The number of pyridine rings is 1. The van der Waals surface area contributed by atoms with Crippen LogP contribution in [-0.4, -0.2) is 62.5 Å². The van der Waals surface area contributed by atoms with Gasteiger partial charge in [-0.25, -0.2) is 4.39 Å². The molecule has 1 fully saturated rings. The topological polar surface area (TPSA) is 56.2 Å². The number of piperazine rings is 1. The van der Waals surface area contributed by atoms with Gasteiger partial charge in [-0.1, -0.05) is 0 Å². The average Bonchev–Trinajstić information content (AvgIpc) is 2.73. The van der Waals surface area contributed by atoms with Crippen molar-refractivity contribution >= 4 is 16.6 Å². The highest BCUT2D eigenvalue weighted by atomic mass is 19.1. The van der Waals surface area contributed by atoms with E-state index in [1.54, 1.807) is 6.20 Å². The molecule has 0 spiro atoms. The third kappa shape index (κ3) is 3.57. The molecule has 30 heavy (non-hydrogen) atoms. The molecule has 2 aliphatic heterocycles. The van der Waals surface area contributed by atoms with Crippen LogP contribution in [-0.2, 0) is 9.47 Å². The number of hydrogen-bond donors (Lipinski definition) is 0. The predicted octanol–water partition coefficient (Wildman–Crippen LogP) is 2.92. The summed E-state index contributed by atoms with van der Waals surface area (Å²) in [4.78, 5) is 17.6. The molecule has 4 rings (SSSR count). The van der Waals surface area contributed by atoms with Crippen LogP contribution in [0.15, 0.2) is 17.1 Å². The van der Waals surface area contributed by atoms with E-state index >= 15 is 4.39 Å². The van der Waals surface area contributed by atoms with Gasteiger partial charge in [0.15, 0.2) is 23.3 Å². The van der Waals surface area contributed by atoms with E-state index in [0.717, 1.165) is 13.1 Å². The van der Waals surface area contributed by atoms with Crippen molar-refractivity contribution in [1.82, 2.24) is 9.47 Å². The molecule has 1 aromatic heterocycles. The quantitative estimate of drug-likeness (QED) is 0.671. The Morgan fingerprint density at radius 2 is 1.87 bits per heavy atom. The first-order valence-corrected chi connectivity index (χ1v) is 10.7. The lowest BCUT2D eigenvalue weighted by atomic mass is 10.0. The number of anilines is 1. The van der Waals surface area contributed by atoms with Gasteiger partial charge in [-0.05, 0) is 33.9 Å². The number of rotatable bonds is 6. The number of benzene rings is 1. The van der Waals surface area contributed by atoms with Gasteiger partial charge < -0.3 is 28.6 Å². The van der Waals surface area contributed by atoms with Gasteiger partial charge in [0, 0.05) is 45.6 Å². The Morgan fingerprint density at radius 1 is 1.20 bits per heavy atom. The fourth-order valence-corrected chi connectivity index (χ4v) is 4.26. The van der Waals surface area contributed by atoms with Crippen molar-refractivity contribution in [1.29, 1.82) is 0 Å². The number of aromatic nitrogens is 1. The summed E-state index contributed by atoms with van der Waals surface area (Å²) in [6.45, 7) is 10.1. The largest absolute Gasteiger partial charge is 0.487 e. The maximum absolute atomic E-state index is 15.4. The Kier molecular flexibility index (Phi) is 5.99. The van der Waals surface area contributed by atoms with Gasteiger partial charge in [0.1, 0.15) is 12.3 Å². The van der Waals surface area contributed by atoms with E-state index < -0.39 is 12.1 Å². The highest BCUT2D eigenvalue weighted by Crippen LogP contribution is 2.42. The molecule has 0 radical (unpaired) electrons. The van der Waals surface area contributed by atoms with E-state index in [1.807, 2.05) is 30.2 Å². The van der Waals surface area contributed by atoms with Gasteiger partial charge >= 0.3 is 0 Å². The van der Waals surface area contributed by atoms with E-state index in [9.17, 15) is 4.79 Å². The van der Waals surface area contributed by atoms with Crippen molar-refractivity contribution in [2.75, 3.05) is 57.9 Å². The first kappa shape index (κ1) is 21.1. The van der Waals surface area contributed by atoms with Crippen LogP contribution in [0.4, 0.5) is 10.1 Å². The SMILES string of the molecule is CCOC(OCC)c1cn2c3c(c(N4CCN(C)CC4)c(F)cc3c1=O)OC[C@@H]2C. The van der Waals surface area contributed by atoms with Gasteiger partial charge in [-0.2, -0.15) is 0 Å². The number of likely N-dealkylation sites (N-methyl/N-ethyl adjacent to an activating group) is 1. The molecule has 0 amide bonds. The van der Waals surface area contributed by atoms with Crippen LogP contribution < -0.4 is 15.1 Å². The summed E-state index contributed by atoms with van der Waals surface area (Å²) in [5.41, 5.74) is 1.20. The molecule has 1 aromatic carbocycles. The predicted molar refractivity (Wildman–Crippen MR) is 114 cm³/mol. The fourth-order valence-electron chi connectivity index (χ4n) is 4.26. The third-order valence-electron chi connectivity index (χ3n) is 5.88. The Hall–Kier alpha value is -2.16. The Balaban J connectivity index is 1.92. The highest BCUT2D eigenvalue weighted by molar-refractivity contribution is 5.92. The summed E-state index contributed by atoms with van der Waals surface area (Å²) < 4.78 is 34.7. The summed E-state index contributed by atoms with van der Waals surface area (Å²) in [5, 5.41) is 0.300. The molecular formula is C22H30FN3O4. The smallest absolute Gasteiger partial charge is 0.197 e. The zero-order valence-electron chi connectivity index (χ0n) is 18.1. The lowest BCUT2D eigenvalue weighted by Gasteiger charge is -2.37. The molecular weight excluding hydrogens is 389 g/mol. The minimum Gasteiger partial charge on any atom is -0.487 e. The van der Waals surface area contributed by atoms with E-state index in [0.29, 0.717) is 60.8 Å². The van der Waals surface area contributed by atoms with Gasteiger partial charge in [0.25, 0.3) is 0 Å². The van der Waals surface area contributed by atoms with Gasteiger partial charge in [0.2, 0.25) is 0 Å². The first-order valence-electron chi connectivity index (χ1n) is 10.7. The number of ether oxygens (including phenoxy) is 3. The lowest BCUT2D eigenvalue weighted by Crippen LogP contribution is -2.45. The zero-order valence-corrected chi connectivity index (χ0v) is 18.1. The molecule has 2 aliphatic rings. The minimum absolute atomic E-state index is 0.00551. The second kappa shape index (κ2) is 8.53. The summed E-state index contributed by atoms with van der Waals surface area (Å²) in [7, 11) is 2.06. The maximum atomic E-state index is 15.4. The molecule has 8 heteroatoms. The van der Waals surface area contributed by atoms with Crippen LogP contribution in [0.1, 0.15) is 38.7 Å². The van der Waals surface area contributed by atoms with Crippen LogP contribution in [0, 0.1) is 5.82 Å². The second-order valence-corrected chi connectivity index (χ2v) is 7.95. The normalized spacial score (nSPS) is 19.5. The Morgan fingerprint density at radius 3 is 2.50 bits per heavy atom. The number of hydrogen-bond acceptors (Lipinski definition) is 6. The molecule has 0 N–H and O–H groups in total. The van der Waals surface area contributed by atoms with Gasteiger partial charge in [-0.15, -0.1) is 0 Å². The Labute approximate surface area is 175 Å². The highest BCUT2D eigenvalue weighted by Gasteiger charge is 2.31. The van der Waals surface area contributed by atoms with Crippen molar-refractivity contribution in [3.8, 4) is 5.75 Å². The molecule has 2 aromatic rings. The lowest BCUT2D eigenvalue weighted by molar-refractivity contribution is -0.141. The maximum Gasteiger partial charge on any atom is 0.197 e. The molecule has 0 unspecified atom stereocenters. The third-order valence-corrected chi connectivity index (χ3v) is 5.88. The molecule has 1 atom stereocenters. The standard InChI is InChI=1S/C22H30FN3O4/c1-5-28-22(29-6-2)16-12-26-14(3)13-30-21-18(26)15(20(16)27)11-17(23)19(21)25-9-7-24(4)8-10-25/h11-12,14,22H,5-10,13H2,1-4H3/t14-/m0/s1. The molecule has 164 valence electrons. The number of nitrogens with zero attached hydrogens (tertiary/aromatic N) is 3. The molecule has 3 heterocycles. The van der Waals surface area contributed by atoms with Crippen molar-refractivity contribution in [2.24, 2.45) is 0 Å². The molecule has 7 nitrogen and oxygen atoms in total. The first-order chi connectivity index (χ1) is 14.5. The average molecular weight is 419 g/mol. The van der Waals surface area contributed by atoms with Crippen molar-refractivity contribution in [2.45, 2.75) is 33.1 Å². The van der Waals surface area contributed by atoms with Gasteiger partial charge in [0.05, 0.1) is 22.5 Å². The van der Waals surface area contributed by atoms with Crippen LogP contribution in [0.2, 0.25) is 0 Å². The van der Waals surface area contributed by atoms with Crippen LogP contribution in [0.5, 0.6) is 5.75 Å². The summed E-state index contributed by atoms with van der Waals surface area (Å²) in [6, 6.07) is 1.35. The van der Waals surface area contributed by atoms with Crippen LogP contribution >= 0.6 is 0 Å². The summed E-state index contributed by atoms with van der Waals surface area (Å²) in [6.07, 6.45) is 1.02. The molecule has 0 aliphatic carbocycles. The summed E-state index contributed by atoms with van der Waals surface area (Å²) in [5.74, 6) is 0.0300. The fraction of sp³-hybridized carbons (Fsp3) is 0.591. The summed E-state index contributed by atoms with van der Waals surface area (Å²) >= 11 is 0. The van der Waals surface area contributed by atoms with E-state index in [2.05, 4.69) is 11.9 Å². The number of halogens is 1. The van der Waals surface area contributed by atoms with Crippen LogP contribution in [0.25, 0.3) is 10.9 Å². The van der Waals surface area contributed by atoms with Gasteiger partial charge in [-0.3, -0.25) is 4.79 Å². The van der Waals surface area contributed by atoms with Crippen molar-refractivity contribution < 1.29 is 18.6 Å². The van der Waals surface area contributed by atoms with Crippen LogP contribution in [0.3, 0.4) is 0 Å². The molecule has 0 saturated carbocycles. The molecule has 0 bridgehead atoms. The van der Waals surface area contributed by atoms with Crippen molar-refractivity contribution in [3.05, 3.63) is 33.9 Å². The Bertz CT molecular complexity index is 979. The monoisotopic (exact) mass is 419 g/mol.